The van der Waals surface area contributed by atoms with E-state index in [-0.39, 0.29) is 42.2 Å². The molecule has 1 aliphatic heterocycles. The fraction of sp³-hybridized carbons (Fsp3) is 0.786. The Morgan fingerprint density at radius 1 is 1.36 bits per heavy atom. The third kappa shape index (κ3) is 6.23. The van der Waals surface area contributed by atoms with Gasteiger partial charge >= 0.3 is 5.97 Å². The maximum Gasteiger partial charge on any atom is 0.320 e. The molecule has 0 unspecified atom stereocenters. The van der Waals surface area contributed by atoms with Gasteiger partial charge in [-0.1, -0.05) is 0 Å². The van der Waals surface area contributed by atoms with Gasteiger partial charge in [-0.2, -0.15) is 0 Å². The number of nitrogens with zero attached hydrogens (tertiary/aromatic N) is 2. The van der Waals surface area contributed by atoms with Crippen LogP contribution in [-0.4, -0.2) is 85.0 Å². The first kappa shape index (κ1) is 18.8. The SMILES string of the molecule is COC(=O)[C@@H]1CN(C(=O)CN(C)CC(=O)NC(C)C)CCS1. The Bertz CT molecular complexity index is 417. The van der Waals surface area contributed by atoms with E-state index in [9.17, 15) is 14.4 Å². The van der Waals surface area contributed by atoms with Crippen LogP contribution in [0.1, 0.15) is 13.8 Å². The Morgan fingerprint density at radius 3 is 2.64 bits per heavy atom. The second-order valence-electron chi connectivity index (χ2n) is 5.62. The van der Waals surface area contributed by atoms with Crippen molar-refractivity contribution in [3.05, 3.63) is 0 Å². The standard InChI is InChI=1S/C14H25N3O4S/c1-10(2)15-12(18)8-16(3)9-13(19)17-5-6-22-11(7-17)14(20)21-4/h10-11H,5-9H2,1-4H3,(H,15,18)/t11-/m0/s1. The molecule has 8 heteroatoms. The van der Waals surface area contributed by atoms with Crippen LogP contribution in [0.4, 0.5) is 0 Å². The first-order chi connectivity index (χ1) is 10.3. The summed E-state index contributed by atoms with van der Waals surface area (Å²) in [5.74, 6) is 0.233. The summed E-state index contributed by atoms with van der Waals surface area (Å²) >= 11 is 1.51. The molecule has 126 valence electrons. The number of ether oxygens (including phenoxy) is 1. The van der Waals surface area contributed by atoms with E-state index in [1.54, 1.807) is 16.8 Å². The molecule has 22 heavy (non-hydrogen) atoms. The van der Waals surface area contributed by atoms with Crippen LogP contribution in [0, 0.1) is 0 Å². The van der Waals surface area contributed by atoms with E-state index in [2.05, 4.69) is 5.32 Å². The molecular weight excluding hydrogens is 306 g/mol. The average Bonchev–Trinajstić information content (AvgIpc) is 2.45. The first-order valence-electron chi connectivity index (χ1n) is 7.28. The number of esters is 1. The highest BCUT2D eigenvalue weighted by Crippen LogP contribution is 2.19. The van der Waals surface area contributed by atoms with E-state index < -0.39 is 0 Å². The molecule has 0 aromatic heterocycles. The number of carbonyl (C=O) groups is 3. The second kappa shape index (κ2) is 8.99. The third-order valence-electron chi connectivity index (χ3n) is 3.15. The molecule has 1 N–H and O–H groups in total. The van der Waals surface area contributed by atoms with E-state index >= 15 is 0 Å². The monoisotopic (exact) mass is 331 g/mol. The Hall–Kier alpha value is -1.28. The zero-order valence-corrected chi connectivity index (χ0v) is 14.4. The molecule has 7 nitrogen and oxygen atoms in total. The number of thioether (sulfide) groups is 1. The van der Waals surface area contributed by atoms with E-state index in [0.29, 0.717) is 18.8 Å². The third-order valence-corrected chi connectivity index (χ3v) is 4.31. The number of amides is 2. The lowest BCUT2D eigenvalue weighted by Crippen LogP contribution is -2.49. The van der Waals surface area contributed by atoms with Crippen molar-refractivity contribution in [1.82, 2.24) is 15.1 Å². The maximum atomic E-state index is 12.3. The van der Waals surface area contributed by atoms with Crippen molar-refractivity contribution in [2.24, 2.45) is 0 Å². The Morgan fingerprint density at radius 2 is 2.05 bits per heavy atom. The van der Waals surface area contributed by atoms with Gasteiger partial charge in [-0.25, -0.2) is 0 Å². The average molecular weight is 331 g/mol. The molecule has 0 aromatic carbocycles. The van der Waals surface area contributed by atoms with Gasteiger partial charge in [0, 0.05) is 24.9 Å². The van der Waals surface area contributed by atoms with Gasteiger partial charge in [-0.05, 0) is 20.9 Å². The van der Waals surface area contributed by atoms with Gasteiger partial charge in [-0.15, -0.1) is 11.8 Å². The maximum absolute atomic E-state index is 12.3. The molecule has 0 saturated carbocycles. The summed E-state index contributed by atoms with van der Waals surface area (Å²) in [4.78, 5) is 38.8. The number of methoxy groups -OCH3 is 1. The number of likely N-dealkylation sites (N-methyl/N-ethyl adjacent to an activating group) is 1. The van der Waals surface area contributed by atoms with Crippen LogP contribution in [0.5, 0.6) is 0 Å². The molecule has 0 spiro atoms. The largest absolute Gasteiger partial charge is 0.468 e. The van der Waals surface area contributed by atoms with Crippen molar-refractivity contribution in [1.29, 1.82) is 0 Å². The van der Waals surface area contributed by atoms with Gasteiger partial charge in [0.25, 0.3) is 0 Å². The summed E-state index contributed by atoms with van der Waals surface area (Å²) in [6.45, 7) is 5.09. The van der Waals surface area contributed by atoms with E-state index in [0.717, 1.165) is 0 Å². The lowest BCUT2D eigenvalue weighted by Gasteiger charge is -2.32. The normalized spacial score (nSPS) is 18.5. The predicted octanol–water partition coefficient (Wildman–Crippen LogP) is -0.440. The molecule has 1 atom stereocenters. The highest BCUT2D eigenvalue weighted by Gasteiger charge is 2.29. The zero-order valence-electron chi connectivity index (χ0n) is 13.6. The molecule has 1 saturated heterocycles. The van der Waals surface area contributed by atoms with Crippen molar-refractivity contribution in [2.75, 3.05) is 46.1 Å². The molecule has 1 aliphatic rings. The summed E-state index contributed by atoms with van der Waals surface area (Å²) < 4.78 is 4.73. The van der Waals surface area contributed by atoms with Crippen LogP contribution in [0.3, 0.4) is 0 Å². The lowest BCUT2D eigenvalue weighted by molar-refractivity contribution is -0.141. The number of hydrogen-bond donors (Lipinski definition) is 1. The fourth-order valence-electron chi connectivity index (χ4n) is 2.15. The van der Waals surface area contributed by atoms with E-state index in [4.69, 9.17) is 4.74 Å². The Labute approximate surface area is 135 Å². The van der Waals surface area contributed by atoms with Gasteiger partial charge < -0.3 is 15.0 Å². The molecule has 0 aliphatic carbocycles. The highest BCUT2D eigenvalue weighted by atomic mass is 32.2. The summed E-state index contributed by atoms with van der Waals surface area (Å²) in [6, 6.07) is 0.0801. The summed E-state index contributed by atoms with van der Waals surface area (Å²) in [5.41, 5.74) is 0. The highest BCUT2D eigenvalue weighted by molar-refractivity contribution is 8.00. The molecule has 2 amide bonds. The molecular formula is C14H25N3O4S. The van der Waals surface area contributed by atoms with Gasteiger partial charge in [0.05, 0.1) is 20.2 Å². The number of nitrogens with one attached hydrogen (secondary N) is 1. The Kier molecular flexibility index (Phi) is 7.67. The zero-order chi connectivity index (χ0) is 16.7. The van der Waals surface area contributed by atoms with Crippen LogP contribution in [0.2, 0.25) is 0 Å². The molecule has 1 fully saturated rings. The molecule has 1 heterocycles. The second-order valence-corrected chi connectivity index (χ2v) is 6.93. The number of rotatable bonds is 6. The predicted molar refractivity (Wildman–Crippen MR) is 85.6 cm³/mol. The quantitative estimate of drug-likeness (QED) is 0.665. The smallest absolute Gasteiger partial charge is 0.320 e. The fourth-order valence-corrected chi connectivity index (χ4v) is 3.28. The summed E-state index contributed by atoms with van der Waals surface area (Å²) in [5, 5.41) is 2.46. The number of carbonyl (C=O) groups excluding carboxylic acids is 3. The van der Waals surface area contributed by atoms with Crippen LogP contribution in [0.25, 0.3) is 0 Å². The minimum absolute atomic E-state index is 0.0750. The van der Waals surface area contributed by atoms with Gasteiger partial charge in [0.15, 0.2) is 0 Å². The Balaban J connectivity index is 2.43. The minimum Gasteiger partial charge on any atom is -0.468 e. The molecule has 1 rings (SSSR count). The summed E-state index contributed by atoms with van der Waals surface area (Å²) in [7, 11) is 3.08. The van der Waals surface area contributed by atoms with Gasteiger partial charge in [-0.3, -0.25) is 19.3 Å². The van der Waals surface area contributed by atoms with E-state index in [1.165, 1.54) is 18.9 Å². The van der Waals surface area contributed by atoms with Crippen LogP contribution >= 0.6 is 11.8 Å². The van der Waals surface area contributed by atoms with Crippen molar-refractivity contribution < 1.29 is 19.1 Å². The molecule has 0 aromatic rings. The number of hydrogen-bond acceptors (Lipinski definition) is 6. The lowest BCUT2D eigenvalue weighted by atomic mass is 10.3. The van der Waals surface area contributed by atoms with Crippen molar-refractivity contribution in [3.8, 4) is 0 Å². The van der Waals surface area contributed by atoms with E-state index in [1.807, 2.05) is 13.8 Å². The summed E-state index contributed by atoms with van der Waals surface area (Å²) in [6.07, 6.45) is 0. The van der Waals surface area contributed by atoms with Crippen molar-refractivity contribution >= 4 is 29.5 Å². The minimum atomic E-state index is -0.322. The molecule has 0 bridgehead atoms. The van der Waals surface area contributed by atoms with Crippen molar-refractivity contribution in [2.45, 2.75) is 25.1 Å². The van der Waals surface area contributed by atoms with Gasteiger partial charge in [0.2, 0.25) is 11.8 Å². The molecule has 0 radical (unpaired) electrons. The van der Waals surface area contributed by atoms with Crippen LogP contribution in [-0.2, 0) is 19.1 Å². The van der Waals surface area contributed by atoms with Crippen molar-refractivity contribution in [3.63, 3.8) is 0 Å². The van der Waals surface area contributed by atoms with Crippen LogP contribution in [0.15, 0.2) is 0 Å². The topological polar surface area (TPSA) is 79.0 Å². The van der Waals surface area contributed by atoms with Gasteiger partial charge in [0.1, 0.15) is 5.25 Å². The first-order valence-corrected chi connectivity index (χ1v) is 8.33. The van der Waals surface area contributed by atoms with Crippen LogP contribution < -0.4 is 5.32 Å².